The van der Waals surface area contributed by atoms with Crippen LogP contribution in [0.1, 0.15) is 0 Å². The highest BCUT2D eigenvalue weighted by molar-refractivity contribution is 5.74. The second-order valence-corrected chi connectivity index (χ2v) is 2.71. The Hall–Kier alpha value is -1.90. The highest BCUT2D eigenvalue weighted by Gasteiger charge is 2.05. The SMILES string of the molecule is C=Cn1c[nH+]c2ccccc2c1=O. The molecule has 64 valence electrons. The largest absolute Gasteiger partial charge is 0.349 e. The van der Waals surface area contributed by atoms with E-state index < -0.39 is 0 Å². The average molecular weight is 173 g/mol. The number of para-hydroxylation sites is 1. The van der Waals surface area contributed by atoms with Gasteiger partial charge < -0.3 is 0 Å². The minimum atomic E-state index is -0.0515. The standard InChI is InChI=1S/C10H8N2O/c1-2-12-7-11-9-6-4-3-5-8(9)10(12)13/h2-7H,1H2/p+1. The molecule has 1 aromatic carbocycles. The number of aromatic nitrogens is 2. The Bertz CT molecular complexity index is 514. The fraction of sp³-hybridized carbons (Fsp3) is 0. The molecule has 2 rings (SSSR count). The monoisotopic (exact) mass is 173 g/mol. The summed E-state index contributed by atoms with van der Waals surface area (Å²) in [7, 11) is 0. The highest BCUT2D eigenvalue weighted by atomic mass is 16.1. The smallest absolute Gasteiger partial charge is 0.246 e. The molecule has 2 aromatic rings. The summed E-state index contributed by atoms with van der Waals surface area (Å²) in [6.07, 6.45) is 3.07. The van der Waals surface area contributed by atoms with Crippen LogP contribution in [0.25, 0.3) is 17.1 Å². The first kappa shape index (κ1) is 7.73. The molecule has 3 heteroatoms. The first-order valence-corrected chi connectivity index (χ1v) is 3.97. The lowest BCUT2D eigenvalue weighted by molar-refractivity contribution is -0.351. The van der Waals surface area contributed by atoms with E-state index in [4.69, 9.17) is 0 Å². The molecule has 3 nitrogen and oxygen atoms in total. The minimum Gasteiger partial charge on any atom is -0.246 e. The summed E-state index contributed by atoms with van der Waals surface area (Å²) in [4.78, 5) is 14.6. The predicted octanol–water partition coefficient (Wildman–Crippen LogP) is 0.916. The van der Waals surface area contributed by atoms with Gasteiger partial charge in [0, 0.05) is 0 Å². The molecule has 0 radical (unpaired) electrons. The minimum absolute atomic E-state index is 0.0515. The molecule has 0 saturated carbocycles. The van der Waals surface area contributed by atoms with Crippen molar-refractivity contribution < 1.29 is 4.98 Å². The maximum Gasteiger partial charge on any atom is 0.349 e. The number of benzene rings is 1. The van der Waals surface area contributed by atoms with Crippen molar-refractivity contribution in [2.75, 3.05) is 0 Å². The van der Waals surface area contributed by atoms with Gasteiger partial charge in [-0.3, -0.25) is 0 Å². The van der Waals surface area contributed by atoms with Gasteiger partial charge in [-0.2, -0.15) is 4.57 Å². The number of nitrogens with one attached hydrogen (secondary N) is 1. The number of fused-ring (bicyclic) bond motifs is 1. The summed E-state index contributed by atoms with van der Waals surface area (Å²) >= 11 is 0. The molecule has 1 heterocycles. The highest BCUT2D eigenvalue weighted by Crippen LogP contribution is 2.00. The van der Waals surface area contributed by atoms with Crippen LogP contribution in [0.2, 0.25) is 0 Å². The van der Waals surface area contributed by atoms with E-state index in [1.807, 2.05) is 18.2 Å². The molecule has 0 unspecified atom stereocenters. The molecule has 13 heavy (non-hydrogen) atoms. The molecule has 0 aliphatic carbocycles. The number of hydrogen-bond donors (Lipinski definition) is 0. The summed E-state index contributed by atoms with van der Waals surface area (Å²) in [6.45, 7) is 3.54. The molecule has 0 bridgehead atoms. The van der Waals surface area contributed by atoms with Gasteiger partial charge in [-0.25, -0.2) is 9.78 Å². The molecule has 0 amide bonds. The predicted molar refractivity (Wildman–Crippen MR) is 51.2 cm³/mol. The molecule has 1 N–H and O–H groups in total. The Morgan fingerprint density at radius 2 is 2.15 bits per heavy atom. The van der Waals surface area contributed by atoms with E-state index in [2.05, 4.69) is 11.6 Å². The lowest BCUT2D eigenvalue weighted by atomic mass is 10.2. The fourth-order valence-corrected chi connectivity index (χ4v) is 1.27. The maximum absolute atomic E-state index is 11.6. The normalized spacial score (nSPS) is 10.2. The zero-order valence-electron chi connectivity index (χ0n) is 7.03. The molecule has 0 spiro atoms. The van der Waals surface area contributed by atoms with Crippen LogP contribution in [0.4, 0.5) is 0 Å². The van der Waals surface area contributed by atoms with E-state index in [9.17, 15) is 4.79 Å². The second-order valence-electron chi connectivity index (χ2n) is 2.71. The lowest BCUT2D eigenvalue weighted by Crippen LogP contribution is -2.22. The molecule has 0 fully saturated rings. The van der Waals surface area contributed by atoms with Crippen LogP contribution in [-0.2, 0) is 0 Å². The molecule has 0 saturated heterocycles. The fourth-order valence-electron chi connectivity index (χ4n) is 1.27. The molecule has 1 aromatic heterocycles. The summed E-state index contributed by atoms with van der Waals surface area (Å²) in [5.74, 6) is 0. The third-order valence-electron chi connectivity index (χ3n) is 1.95. The summed E-state index contributed by atoms with van der Waals surface area (Å²) in [5, 5.41) is 0.671. The van der Waals surface area contributed by atoms with Crippen molar-refractivity contribution in [2.45, 2.75) is 0 Å². The molecule has 0 aliphatic heterocycles. The Morgan fingerprint density at radius 3 is 2.92 bits per heavy atom. The van der Waals surface area contributed by atoms with Crippen LogP contribution in [0.15, 0.2) is 42.0 Å². The van der Waals surface area contributed by atoms with E-state index in [0.717, 1.165) is 5.52 Å². The van der Waals surface area contributed by atoms with Crippen LogP contribution >= 0.6 is 0 Å². The summed E-state index contributed by atoms with van der Waals surface area (Å²) in [5.41, 5.74) is 0.787. The number of aromatic amines is 1. The maximum atomic E-state index is 11.6. The van der Waals surface area contributed by atoms with E-state index in [0.29, 0.717) is 5.39 Å². The first-order valence-electron chi connectivity index (χ1n) is 3.97. The van der Waals surface area contributed by atoms with Crippen molar-refractivity contribution in [1.29, 1.82) is 0 Å². The van der Waals surface area contributed by atoms with Crippen molar-refractivity contribution >= 4 is 17.1 Å². The quantitative estimate of drug-likeness (QED) is 0.631. The van der Waals surface area contributed by atoms with Gasteiger partial charge in [0.2, 0.25) is 6.33 Å². The number of hydrogen-bond acceptors (Lipinski definition) is 1. The van der Waals surface area contributed by atoms with Crippen molar-refractivity contribution in [2.24, 2.45) is 0 Å². The van der Waals surface area contributed by atoms with Crippen LogP contribution in [0.5, 0.6) is 0 Å². The molecular weight excluding hydrogens is 164 g/mol. The zero-order chi connectivity index (χ0) is 9.26. The van der Waals surface area contributed by atoms with Gasteiger partial charge in [-0.05, 0) is 12.1 Å². The third-order valence-corrected chi connectivity index (χ3v) is 1.95. The van der Waals surface area contributed by atoms with Crippen molar-refractivity contribution in [1.82, 2.24) is 4.57 Å². The zero-order valence-corrected chi connectivity index (χ0v) is 7.03. The van der Waals surface area contributed by atoms with Gasteiger partial charge in [-0.15, -0.1) is 0 Å². The van der Waals surface area contributed by atoms with E-state index in [1.165, 1.54) is 10.8 Å². The van der Waals surface area contributed by atoms with Gasteiger partial charge >= 0.3 is 5.56 Å². The topological polar surface area (TPSA) is 36.1 Å². The number of H-pyrrole nitrogens is 1. The number of rotatable bonds is 1. The Balaban J connectivity index is 2.95. The molecular formula is C10H9N2O+. The van der Waals surface area contributed by atoms with Crippen LogP contribution in [-0.4, -0.2) is 4.57 Å². The van der Waals surface area contributed by atoms with Gasteiger partial charge in [-0.1, -0.05) is 18.7 Å². The lowest BCUT2D eigenvalue weighted by Gasteiger charge is -1.92. The van der Waals surface area contributed by atoms with Crippen molar-refractivity contribution in [3.8, 4) is 0 Å². The third kappa shape index (κ3) is 1.14. The van der Waals surface area contributed by atoms with Gasteiger partial charge in [0.1, 0.15) is 10.9 Å². The molecule has 0 aliphatic rings. The first-order chi connectivity index (χ1) is 6.33. The second kappa shape index (κ2) is 2.86. The average Bonchev–Trinajstić information content (AvgIpc) is 2.19. The van der Waals surface area contributed by atoms with Gasteiger partial charge in [0.25, 0.3) is 0 Å². The Kier molecular flexibility index (Phi) is 1.70. The van der Waals surface area contributed by atoms with Crippen LogP contribution < -0.4 is 10.5 Å². The summed E-state index contributed by atoms with van der Waals surface area (Å²) < 4.78 is 1.42. The molecule has 0 atom stereocenters. The van der Waals surface area contributed by atoms with Crippen LogP contribution in [0, 0.1) is 0 Å². The van der Waals surface area contributed by atoms with Crippen LogP contribution in [0.3, 0.4) is 0 Å². The van der Waals surface area contributed by atoms with E-state index in [-0.39, 0.29) is 5.56 Å². The summed E-state index contributed by atoms with van der Waals surface area (Å²) in [6, 6.07) is 7.37. The Morgan fingerprint density at radius 1 is 1.38 bits per heavy atom. The van der Waals surface area contributed by atoms with Gasteiger partial charge in [0.05, 0.1) is 6.20 Å². The van der Waals surface area contributed by atoms with E-state index in [1.54, 1.807) is 12.4 Å². The van der Waals surface area contributed by atoms with Gasteiger partial charge in [0.15, 0.2) is 0 Å². The van der Waals surface area contributed by atoms with Crippen molar-refractivity contribution in [3.63, 3.8) is 0 Å². The Labute approximate surface area is 75.0 Å². The number of nitrogens with zero attached hydrogens (tertiary/aromatic N) is 1. The van der Waals surface area contributed by atoms with E-state index >= 15 is 0 Å². The van der Waals surface area contributed by atoms with Crippen molar-refractivity contribution in [3.05, 3.63) is 47.5 Å².